The van der Waals surface area contributed by atoms with Crippen LogP contribution in [0.5, 0.6) is 0 Å². The summed E-state index contributed by atoms with van der Waals surface area (Å²) in [6.45, 7) is 6.62. The summed E-state index contributed by atoms with van der Waals surface area (Å²) in [5.41, 5.74) is -8.37. The summed E-state index contributed by atoms with van der Waals surface area (Å²) in [5, 5.41) is 36.0. The Labute approximate surface area is 219 Å². The largest absolute Gasteiger partial charge is 0.458 e. The van der Waals surface area contributed by atoms with Crippen molar-refractivity contribution in [2.75, 3.05) is 0 Å². The highest BCUT2D eigenvalue weighted by Gasteiger charge is 2.92. The lowest BCUT2D eigenvalue weighted by atomic mass is 9.46. The van der Waals surface area contributed by atoms with E-state index < -0.39 is 92.9 Å². The summed E-state index contributed by atoms with van der Waals surface area (Å²) in [4.78, 5) is 54.7. The summed E-state index contributed by atoms with van der Waals surface area (Å²) < 4.78 is 18.1. The molecule has 0 amide bonds. The number of aliphatic hydroxyl groups excluding tert-OH is 1. The first-order valence-corrected chi connectivity index (χ1v) is 13.6. The van der Waals surface area contributed by atoms with Gasteiger partial charge in [0, 0.05) is 17.3 Å². The number of hydrogen-bond acceptors (Lipinski definition) is 10. The van der Waals surface area contributed by atoms with E-state index >= 15 is 0 Å². The summed E-state index contributed by atoms with van der Waals surface area (Å²) in [5.74, 6) is -9.22. The molecular weight excluding hydrogens is 496 g/mol. The van der Waals surface area contributed by atoms with E-state index in [-0.39, 0.29) is 31.5 Å². The van der Waals surface area contributed by atoms with Gasteiger partial charge in [0.2, 0.25) is 5.79 Å². The second kappa shape index (κ2) is 6.77. The van der Waals surface area contributed by atoms with Crippen molar-refractivity contribution in [2.45, 2.75) is 94.6 Å². The molecule has 1 spiro atoms. The molecule has 0 aromatic carbocycles. The zero-order valence-corrected chi connectivity index (χ0v) is 21.9. The molecule has 4 heterocycles. The molecule has 7 rings (SSSR count). The minimum atomic E-state index is -2.53. The Morgan fingerprint density at radius 1 is 1.03 bits per heavy atom. The molecule has 0 aromatic rings. The van der Waals surface area contributed by atoms with Crippen LogP contribution in [0.4, 0.5) is 0 Å². The zero-order chi connectivity index (χ0) is 27.4. The molecule has 0 radical (unpaired) electrons. The lowest BCUT2D eigenvalue weighted by Crippen LogP contribution is -2.78. The van der Waals surface area contributed by atoms with Gasteiger partial charge in [0.25, 0.3) is 0 Å². The van der Waals surface area contributed by atoms with E-state index in [4.69, 9.17) is 14.2 Å². The number of aliphatic hydroxyl groups is 3. The normalized spacial score (nSPS) is 60.2. The maximum Gasteiger partial charge on any atom is 0.342 e. The van der Waals surface area contributed by atoms with Gasteiger partial charge in [-0.25, -0.2) is 4.79 Å². The molecular formula is C28H34O10. The monoisotopic (exact) mass is 530 g/mol. The highest BCUT2D eigenvalue weighted by molar-refractivity contribution is 5.99. The Morgan fingerprint density at radius 2 is 1.74 bits per heavy atom. The average Bonchev–Trinajstić information content (AvgIpc) is 3.20. The van der Waals surface area contributed by atoms with E-state index in [1.54, 1.807) is 26.8 Å². The van der Waals surface area contributed by atoms with Crippen LogP contribution < -0.4 is 0 Å². The number of esters is 2. The number of rotatable bonds is 0. The maximum atomic E-state index is 14.6. The number of fused-ring (bicyclic) bond motifs is 9. The van der Waals surface area contributed by atoms with Crippen LogP contribution in [-0.2, 0) is 33.4 Å². The topological polar surface area (TPSA) is 157 Å². The molecule has 4 aliphatic heterocycles. The molecule has 0 aromatic heterocycles. The first-order chi connectivity index (χ1) is 17.6. The van der Waals surface area contributed by atoms with E-state index in [0.29, 0.717) is 6.42 Å². The number of hydrogen-bond donors (Lipinski definition) is 3. The van der Waals surface area contributed by atoms with Crippen molar-refractivity contribution in [3.8, 4) is 0 Å². The number of carbonyl (C=O) groups excluding carboxylic acids is 4. The number of Topliss-reactive ketones (excluding diaryl/α,β-unsaturated/α-hetero) is 1. The van der Waals surface area contributed by atoms with Gasteiger partial charge < -0.3 is 29.5 Å². The van der Waals surface area contributed by atoms with Crippen LogP contribution in [0.1, 0.15) is 59.8 Å². The molecule has 6 fully saturated rings. The third-order valence-electron chi connectivity index (χ3n) is 12.3. The molecule has 38 heavy (non-hydrogen) atoms. The Morgan fingerprint density at radius 3 is 2.45 bits per heavy atom. The van der Waals surface area contributed by atoms with E-state index in [9.17, 15) is 34.5 Å². The fourth-order valence-corrected chi connectivity index (χ4v) is 10.0. The first-order valence-electron chi connectivity index (χ1n) is 13.6. The highest BCUT2D eigenvalue weighted by Crippen LogP contribution is 2.73. The summed E-state index contributed by atoms with van der Waals surface area (Å²) in [6, 6.07) is 0. The fourth-order valence-electron chi connectivity index (χ4n) is 10.0. The maximum absolute atomic E-state index is 14.6. The number of carbonyl (C=O) groups is 4. The van der Waals surface area contributed by atoms with Crippen molar-refractivity contribution in [3.05, 3.63) is 12.2 Å². The van der Waals surface area contributed by atoms with Crippen molar-refractivity contribution in [3.63, 3.8) is 0 Å². The molecule has 3 aliphatic carbocycles. The van der Waals surface area contributed by atoms with Crippen LogP contribution in [0.3, 0.4) is 0 Å². The number of allylic oxidation sites excluding steroid dienone is 2. The molecule has 4 saturated heterocycles. The van der Waals surface area contributed by atoms with Crippen LogP contribution in [0, 0.1) is 40.4 Å². The second-order valence-electron chi connectivity index (χ2n) is 13.5. The molecule has 10 heteroatoms. The van der Waals surface area contributed by atoms with Crippen LogP contribution in [-0.4, -0.2) is 73.6 Å². The van der Waals surface area contributed by atoms with Crippen molar-refractivity contribution in [1.82, 2.24) is 0 Å². The molecule has 206 valence electrons. The summed E-state index contributed by atoms with van der Waals surface area (Å²) in [6.07, 6.45) is 1.79. The van der Waals surface area contributed by atoms with Crippen LogP contribution in [0.25, 0.3) is 0 Å². The van der Waals surface area contributed by atoms with Gasteiger partial charge in [-0.2, -0.15) is 0 Å². The van der Waals surface area contributed by atoms with Crippen molar-refractivity contribution in [2.24, 2.45) is 40.4 Å². The Bertz CT molecular complexity index is 1240. The fraction of sp³-hybridized carbons (Fsp3) is 0.786. The van der Waals surface area contributed by atoms with E-state index in [1.165, 1.54) is 13.0 Å². The van der Waals surface area contributed by atoms with Crippen molar-refractivity contribution in [1.29, 1.82) is 0 Å². The first kappa shape index (κ1) is 24.9. The van der Waals surface area contributed by atoms with Gasteiger partial charge >= 0.3 is 11.9 Å². The minimum Gasteiger partial charge on any atom is -0.458 e. The summed E-state index contributed by atoms with van der Waals surface area (Å²) >= 11 is 0. The lowest BCUT2D eigenvalue weighted by Gasteiger charge is -2.62. The summed E-state index contributed by atoms with van der Waals surface area (Å²) in [7, 11) is 0. The third-order valence-corrected chi connectivity index (χ3v) is 12.3. The minimum absolute atomic E-state index is 0.00611. The molecule has 3 N–H and O–H groups in total. The van der Waals surface area contributed by atoms with Gasteiger partial charge in [-0.1, -0.05) is 26.8 Å². The Kier molecular flexibility index (Phi) is 4.43. The zero-order valence-electron chi connectivity index (χ0n) is 21.9. The molecule has 10 nitrogen and oxygen atoms in total. The molecule has 5 unspecified atom stereocenters. The molecule has 4 bridgehead atoms. The SMILES string of the molecule is C[C@H]1C(=O)O[C@@H]2C[C@@]1(C)C1C(=O)[C@]3(O)O[C@@]14C(O)(CCC1C3C[C@H](O)C3CC=CC(=O)[C@]13C)C(=O)O[C@@]24C. The van der Waals surface area contributed by atoms with E-state index in [1.807, 2.05) is 0 Å². The van der Waals surface area contributed by atoms with E-state index in [0.717, 1.165) is 0 Å². The van der Waals surface area contributed by atoms with E-state index in [2.05, 4.69) is 0 Å². The number of ketones is 2. The molecule has 13 atom stereocenters. The average molecular weight is 531 g/mol. The second-order valence-corrected chi connectivity index (χ2v) is 13.5. The highest BCUT2D eigenvalue weighted by atomic mass is 16.7. The quantitative estimate of drug-likeness (QED) is 0.379. The predicted octanol–water partition coefficient (Wildman–Crippen LogP) is 0.590. The van der Waals surface area contributed by atoms with Gasteiger partial charge in [-0.15, -0.1) is 0 Å². The van der Waals surface area contributed by atoms with Crippen molar-refractivity contribution < 1.29 is 48.7 Å². The Balaban J connectivity index is 1.49. The lowest BCUT2D eigenvalue weighted by molar-refractivity contribution is -0.352. The number of ether oxygens (including phenoxy) is 3. The Hall–Kier alpha value is -2.14. The van der Waals surface area contributed by atoms with Gasteiger partial charge in [0.05, 0.1) is 17.9 Å². The molecule has 2 saturated carbocycles. The standard InChI is InChI=1S/C28H34O10/c1-12-21(32)36-18-11-23(12,2)19-20(31)27(35)15-10-16(29)14-6-5-7-17(30)24(14,3)13(15)8-9-26(34)22(33)37-25(18,4)28(19,26)38-27/h5,7,12-16,18-19,29,34-35H,6,8-11H2,1-4H3/t12-,13?,14?,15?,16-,18+,19?,23+,24+,25-,26?,27+,28-/m0/s1. The smallest absolute Gasteiger partial charge is 0.342 e. The molecule has 7 aliphatic rings. The van der Waals surface area contributed by atoms with Gasteiger partial charge in [-0.3, -0.25) is 14.4 Å². The predicted molar refractivity (Wildman–Crippen MR) is 126 cm³/mol. The van der Waals surface area contributed by atoms with Gasteiger partial charge in [0.1, 0.15) is 6.10 Å². The third kappa shape index (κ3) is 2.24. The van der Waals surface area contributed by atoms with Gasteiger partial charge in [0.15, 0.2) is 28.4 Å². The van der Waals surface area contributed by atoms with Crippen molar-refractivity contribution >= 4 is 23.5 Å². The van der Waals surface area contributed by atoms with Crippen LogP contribution >= 0.6 is 0 Å². The van der Waals surface area contributed by atoms with Crippen LogP contribution in [0.2, 0.25) is 0 Å². The van der Waals surface area contributed by atoms with Crippen LogP contribution in [0.15, 0.2) is 12.2 Å². The van der Waals surface area contributed by atoms with Gasteiger partial charge in [-0.05, 0) is 56.4 Å².